The van der Waals surface area contributed by atoms with Gasteiger partial charge in [0.05, 0.1) is 10.6 Å². The van der Waals surface area contributed by atoms with Crippen molar-refractivity contribution >= 4 is 9.84 Å². The van der Waals surface area contributed by atoms with Gasteiger partial charge in [-0.25, -0.2) is 12.8 Å². The smallest absolute Gasteiger partial charge is 0.178 e. The molecule has 0 aromatic heterocycles. The number of rotatable bonds is 5. The van der Waals surface area contributed by atoms with Crippen molar-refractivity contribution in [1.82, 2.24) is 5.32 Å². The lowest BCUT2D eigenvalue weighted by Crippen LogP contribution is -2.30. The van der Waals surface area contributed by atoms with Crippen LogP contribution >= 0.6 is 0 Å². The lowest BCUT2D eigenvalue weighted by Gasteiger charge is -2.26. The summed E-state index contributed by atoms with van der Waals surface area (Å²) in [6.45, 7) is 0.827. The Morgan fingerprint density at radius 2 is 2.16 bits per heavy atom. The molecule has 0 aliphatic carbocycles. The maximum absolute atomic E-state index is 13.3. The van der Waals surface area contributed by atoms with E-state index in [-0.39, 0.29) is 23.3 Å². The van der Waals surface area contributed by atoms with Gasteiger partial charge in [-0.1, -0.05) is 0 Å². The molecular formula is C13H18FNO3S. The van der Waals surface area contributed by atoms with Crippen molar-refractivity contribution in [2.75, 3.05) is 18.9 Å². The monoisotopic (exact) mass is 287 g/mol. The molecule has 1 aromatic carbocycles. The van der Waals surface area contributed by atoms with Crippen LogP contribution in [0.1, 0.15) is 30.9 Å². The second kappa shape index (κ2) is 5.98. The minimum Gasteiger partial charge on any atom is -0.396 e. The number of aliphatic hydroxyl groups excluding tert-OH is 1. The van der Waals surface area contributed by atoms with Gasteiger partial charge in [0.1, 0.15) is 5.82 Å². The average molecular weight is 287 g/mol. The van der Waals surface area contributed by atoms with Crippen molar-refractivity contribution in [3.05, 3.63) is 29.6 Å². The molecule has 0 saturated carbocycles. The minimum atomic E-state index is -3.27. The standard InChI is InChI=1S/C13H18FNO3S/c14-10-3-4-13-11(9-10)12(5-8-19(13,17)18)15-6-1-2-7-16/h3-4,9,12,15-16H,1-2,5-8H2. The molecule has 0 spiro atoms. The van der Waals surface area contributed by atoms with Crippen molar-refractivity contribution in [1.29, 1.82) is 0 Å². The Hall–Kier alpha value is -0.980. The Morgan fingerprint density at radius 3 is 2.89 bits per heavy atom. The van der Waals surface area contributed by atoms with Gasteiger partial charge in [-0.3, -0.25) is 0 Å². The van der Waals surface area contributed by atoms with Crippen LogP contribution < -0.4 is 5.32 Å². The molecule has 1 atom stereocenters. The van der Waals surface area contributed by atoms with Gasteiger partial charge >= 0.3 is 0 Å². The van der Waals surface area contributed by atoms with Crippen LogP contribution in [0.5, 0.6) is 0 Å². The van der Waals surface area contributed by atoms with E-state index in [0.29, 0.717) is 24.9 Å². The fourth-order valence-corrected chi connectivity index (χ4v) is 3.94. The first kappa shape index (κ1) is 14.4. The molecule has 0 radical (unpaired) electrons. The van der Waals surface area contributed by atoms with Crippen LogP contribution in [0.25, 0.3) is 0 Å². The molecule has 19 heavy (non-hydrogen) atoms. The summed E-state index contributed by atoms with van der Waals surface area (Å²) in [4.78, 5) is 0.236. The highest BCUT2D eigenvalue weighted by Crippen LogP contribution is 2.32. The molecule has 2 rings (SSSR count). The first-order valence-corrected chi connectivity index (χ1v) is 8.06. The average Bonchev–Trinajstić information content (AvgIpc) is 2.36. The first-order valence-electron chi connectivity index (χ1n) is 6.41. The van der Waals surface area contributed by atoms with Gasteiger partial charge in [-0.05, 0) is 49.6 Å². The summed E-state index contributed by atoms with van der Waals surface area (Å²) in [7, 11) is -3.27. The third-order valence-electron chi connectivity index (χ3n) is 3.33. The van der Waals surface area contributed by atoms with Gasteiger partial charge in [0.25, 0.3) is 0 Å². The Balaban J connectivity index is 2.18. The summed E-state index contributed by atoms with van der Waals surface area (Å²) in [6.07, 6.45) is 1.97. The fraction of sp³-hybridized carbons (Fsp3) is 0.538. The molecule has 106 valence electrons. The van der Waals surface area contributed by atoms with Crippen LogP contribution in [0.4, 0.5) is 4.39 Å². The molecule has 0 bridgehead atoms. The SMILES string of the molecule is O=S1(=O)CCC(NCCCCO)c2cc(F)ccc21. The van der Waals surface area contributed by atoms with Crippen LogP contribution in [0.2, 0.25) is 0 Å². The number of unbranched alkanes of at least 4 members (excludes halogenated alkanes) is 1. The highest BCUT2D eigenvalue weighted by atomic mass is 32.2. The Kier molecular flexibility index (Phi) is 4.54. The molecule has 2 N–H and O–H groups in total. The van der Waals surface area contributed by atoms with E-state index in [1.165, 1.54) is 18.2 Å². The molecule has 6 heteroatoms. The molecule has 1 aromatic rings. The molecule has 1 aliphatic heterocycles. The zero-order valence-corrected chi connectivity index (χ0v) is 11.4. The molecule has 1 unspecified atom stereocenters. The summed E-state index contributed by atoms with van der Waals surface area (Å²) in [5.74, 6) is -0.332. The first-order chi connectivity index (χ1) is 9.04. The van der Waals surface area contributed by atoms with E-state index in [0.717, 1.165) is 6.42 Å². The lowest BCUT2D eigenvalue weighted by molar-refractivity contribution is 0.282. The van der Waals surface area contributed by atoms with Crippen LogP contribution in [-0.2, 0) is 9.84 Å². The van der Waals surface area contributed by atoms with Gasteiger partial charge in [0.15, 0.2) is 9.84 Å². The number of benzene rings is 1. The Bertz CT molecular complexity index is 545. The summed E-state index contributed by atoms with van der Waals surface area (Å²) >= 11 is 0. The molecule has 4 nitrogen and oxygen atoms in total. The summed E-state index contributed by atoms with van der Waals surface area (Å²) < 4.78 is 37.2. The third-order valence-corrected chi connectivity index (χ3v) is 5.15. The number of hydrogen-bond donors (Lipinski definition) is 2. The van der Waals surface area contributed by atoms with E-state index >= 15 is 0 Å². The number of fused-ring (bicyclic) bond motifs is 1. The molecule has 0 saturated heterocycles. The maximum atomic E-state index is 13.3. The number of aliphatic hydroxyl groups is 1. The van der Waals surface area contributed by atoms with Gasteiger partial charge in [0.2, 0.25) is 0 Å². The number of halogens is 1. The Labute approximate surface area is 112 Å². The van der Waals surface area contributed by atoms with Crippen molar-refractivity contribution < 1.29 is 17.9 Å². The molecule has 0 amide bonds. The highest BCUT2D eigenvalue weighted by molar-refractivity contribution is 7.91. The number of sulfone groups is 1. The fourth-order valence-electron chi connectivity index (χ4n) is 2.34. The van der Waals surface area contributed by atoms with Crippen molar-refractivity contribution in [2.24, 2.45) is 0 Å². The largest absolute Gasteiger partial charge is 0.396 e. The van der Waals surface area contributed by atoms with E-state index < -0.39 is 15.7 Å². The van der Waals surface area contributed by atoms with E-state index in [9.17, 15) is 12.8 Å². The van der Waals surface area contributed by atoms with E-state index in [1.807, 2.05) is 0 Å². The van der Waals surface area contributed by atoms with Crippen LogP contribution in [0.15, 0.2) is 23.1 Å². The topological polar surface area (TPSA) is 66.4 Å². The van der Waals surface area contributed by atoms with Gasteiger partial charge in [-0.2, -0.15) is 0 Å². The highest BCUT2D eigenvalue weighted by Gasteiger charge is 2.30. The normalized spacial score (nSPS) is 21.1. The predicted octanol–water partition coefficient (Wildman–Crippen LogP) is 1.41. The molecule has 0 fully saturated rings. The zero-order valence-electron chi connectivity index (χ0n) is 10.6. The Morgan fingerprint density at radius 1 is 1.37 bits per heavy atom. The van der Waals surface area contributed by atoms with Gasteiger partial charge < -0.3 is 10.4 Å². The van der Waals surface area contributed by atoms with Gasteiger partial charge in [0, 0.05) is 12.6 Å². The van der Waals surface area contributed by atoms with Crippen molar-refractivity contribution in [3.8, 4) is 0 Å². The zero-order chi connectivity index (χ0) is 13.9. The van der Waals surface area contributed by atoms with Gasteiger partial charge in [-0.15, -0.1) is 0 Å². The number of hydrogen-bond acceptors (Lipinski definition) is 4. The summed E-state index contributed by atoms with van der Waals surface area (Å²) in [6, 6.07) is 3.70. The minimum absolute atomic E-state index is 0.0866. The predicted molar refractivity (Wildman–Crippen MR) is 70.1 cm³/mol. The summed E-state index contributed by atoms with van der Waals surface area (Å²) in [5, 5.41) is 11.9. The second-order valence-corrected chi connectivity index (χ2v) is 6.80. The van der Waals surface area contributed by atoms with Crippen LogP contribution in [0.3, 0.4) is 0 Å². The number of nitrogens with one attached hydrogen (secondary N) is 1. The van der Waals surface area contributed by atoms with Crippen molar-refractivity contribution in [2.45, 2.75) is 30.2 Å². The van der Waals surface area contributed by atoms with Crippen LogP contribution in [0, 0.1) is 5.82 Å². The van der Waals surface area contributed by atoms with Crippen molar-refractivity contribution in [3.63, 3.8) is 0 Å². The van der Waals surface area contributed by atoms with E-state index in [4.69, 9.17) is 5.11 Å². The maximum Gasteiger partial charge on any atom is 0.178 e. The molecule has 1 aliphatic rings. The third kappa shape index (κ3) is 3.32. The quantitative estimate of drug-likeness (QED) is 0.635. The van der Waals surface area contributed by atoms with Crippen LogP contribution in [-0.4, -0.2) is 32.4 Å². The summed E-state index contributed by atoms with van der Waals surface area (Å²) in [5.41, 5.74) is 0.523. The second-order valence-electron chi connectivity index (χ2n) is 4.73. The molecule has 1 heterocycles. The molecular weight excluding hydrogens is 269 g/mol. The lowest BCUT2D eigenvalue weighted by atomic mass is 10.0. The van der Waals surface area contributed by atoms with E-state index in [2.05, 4.69) is 5.32 Å². The van der Waals surface area contributed by atoms with E-state index in [1.54, 1.807) is 0 Å².